The Hall–Kier alpha value is -1.82. The predicted octanol–water partition coefficient (Wildman–Crippen LogP) is 1.87. The van der Waals surface area contributed by atoms with Crippen LogP contribution in [0.1, 0.15) is 28.8 Å². The van der Waals surface area contributed by atoms with E-state index in [0.717, 1.165) is 11.4 Å². The number of halogens is 1. The van der Waals surface area contributed by atoms with E-state index < -0.39 is 0 Å². The predicted molar refractivity (Wildman–Crippen MR) is 76.7 cm³/mol. The summed E-state index contributed by atoms with van der Waals surface area (Å²) in [5.74, 6) is -0.131. The molecule has 0 aliphatic rings. The van der Waals surface area contributed by atoms with Crippen molar-refractivity contribution in [3.8, 4) is 0 Å². The summed E-state index contributed by atoms with van der Waals surface area (Å²) in [5.41, 5.74) is 2.21. The number of carbonyl (C=O) groups excluding carboxylic acids is 1. The van der Waals surface area contributed by atoms with Crippen molar-refractivity contribution in [3.63, 3.8) is 0 Å². The summed E-state index contributed by atoms with van der Waals surface area (Å²) >= 11 is 6.11. The van der Waals surface area contributed by atoms with Gasteiger partial charge in [-0.25, -0.2) is 0 Å². The van der Waals surface area contributed by atoms with Crippen LogP contribution in [-0.4, -0.2) is 37.4 Å². The lowest BCUT2D eigenvalue weighted by atomic mass is 10.3. The first kappa shape index (κ1) is 14.6. The summed E-state index contributed by atoms with van der Waals surface area (Å²) in [6, 6.07) is 1.78. The number of nitrogens with zero attached hydrogens (tertiary/aromatic N) is 5. The van der Waals surface area contributed by atoms with Crippen LogP contribution in [0.15, 0.2) is 12.3 Å². The second-order valence-electron chi connectivity index (χ2n) is 4.71. The Kier molecular flexibility index (Phi) is 4.13. The van der Waals surface area contributed by atoms with Gasteiger partial charge >= 0.3 is 0 Å². The van der Waals surface area contributed by atoms with Gasteiger partial charge in [0.05, 0.1) is 23.5 Å². The van der Waals surface area contributed by atoms with Crippen molar-refractivity contribution in [2.45, 2.75) is 26.9 Å². The Bertz CT molecular complexity index is 611. The van der Waals surface area contributed by atoms with Crippen LogP contribution < -0.4 is 0 Å². The van der Waals surface area contributed by atoms with E-state index in [1.807, 2.05) is 20.9 Å². The Morgan fingerprint density at radius 2 is 2.20 bits per heavy atom. The lowest BCUT2D eigenvalue weighted by Gasteiger charge is -2.16. The maximum Gasteiger partial charge on any atom is 0.274 e. The third-order valence-corrected chi connectivity index (χ3v) is 3.58. The SMILES string of the molecule is CCn1ncc(Cl)c1CN(C)C(=O)c1cc(C)n(C)n1. The van der Waals surface area contributed by atoms with Crippen LogP contribution >= 0.6 is 11.6 Å². The quantitative estimate of drug-likeness (QED) is 0.865. The first-order valence-electron chi connectivity index (χ1n) is 6.40. The zero-order valence-corrected chi connectivity index (χ0v) is 12.8. The Labute approximate surface area is 122 Å². The third kappa shape index (κ3) is 2.70. The summed E-state index contributed by atoms with van der Waals surface area (Å²) in [6.07, 6.45) is 1.60. The fraction of sp³-hybridized carbons (Fsp3) is 0.462. The average molecular weight is 296 g/mol. The average Bonchev–Trinajstić information content (AvgIpc) is 2.93. The van der Waals surface area contributed by atoms with Crippen LogP contribution in [-0.2, 0) is 20.1 Å². The van der Waals surface area contributed by atoms with E-state index in [2.05, 4.69) is 10.2 Å². The van der Waals surface area contributed by atoms with E-state index in [0.29, 0.717) is 23.8 Å². The van der Waals surface area contributed by atoms with E-state index in [-0.39, 0.29) is 5.91 Å². The molecule has 0 unspecified atom stereocenters. The van der Waals surface area contributed by atoms with Gasteiger partial charge in [0.2, 0.25) is 0 Å². The number of hydrogen-bond donors (Lipinski definition) is 0. The molecule has 0 saturated carbocycles. The van der Waals surface area contributed by atoms with Gasteiger partial charge in [-0.05, 0) is 19.9 Å². The molecule has 0 N–H and O–H groups in total. The molecule has 0 aliphatic carbocycles. The molecule has 6 nitrogen and oxygen atoms in total. The van der Waals surface area contributed by atoms with Crippen molar-refractivity contribution in [1.82, 2.24) is 24.5 Å². The molecule has 0 radical (unpaired) electrons. The van der Waals surface area contributed by atoms with Crippen LogP contribution in [0.2, 0.25) is 5.02 Å². The summed E-state index contributed by atoms with van der Waals surface area (Å²) < 4.78 is 3.47. The lowest BCUT2D eigenvalue weighted by molar-refractivity contribution is 0.0775. The smallest absolute Gasteiger partial charge is 0.274 e. The molecular weight excluding hydrogens is 278 g/mol. The minimum atomic E-state index is -0.131. The van der Waals surface area contributed by atoms with E-state index in [4.69, 9.17) is 11.6 Å². The lowest BCUT2D eigenvalue weighted by Crippen LogP contribution is -2.28. The molecule has 0 bridgehead atoms. The molecular formula is C13H18ClN5O. The number of aryl methyl sites for hydroxylation is 3. The number of hydrogen-bond acceptors (Lipinski definition) is 3. The van der Waals surface area contributed by atoms with Crippen LogP contribution in [0.4, 0.5) is 0 Å². The monoisotopic (exact) mass is 295 g/mol. The first-order valence-corrected chi connectivity index (χ1v) is 6.78. The Balaban J connectivity index is 2.17. The van der Waals surface area contributed by atoms with Gasteiger partial charge in [0.1, 0.15) is 0 Å². The van der Waals surface area contributed by atoms with Crippen molar-refractivity contribution in [3.05, 3.63) is 34.4 Å². The van der Waals surface area contributed by atoms with Gasteiger partial charge in [0.25, 0.3) is 5.91 Å². The van der Waals surface area contributed by atoms with Gasteiger partial charge in [0, 0.05) is 26.3 Å². The summed E-state index contributed by atoms with van der Waals surface area (Å²) in [6.45, 7) is 5.01. The fourth-order valence-corrected chi connectivity index (χ4v) is 2.18. The highest BCUT2D eigenvalue weighted by Crippen LogP contribution is 2.17. The maximum absolute atomic E-state index is 12.3. The van der Waals surface area contributed by atoms with Gasteiger partial charge in [-0.2, -0.15) is 10.2 Å². The summed E-state index contributed by atoms with van der Waals surface area (Å²) in [7, 11) is 3.55. The van der Waals surface area contributed by atoms with Crippen molar-refractivity contribution in [2.24, 2.45) is 7.05 Å². The molecule has 0 atom stereocenters. The molecule has 2 heterocycles. The minimum absolute atomic E-state index is 0.131. The van der Waals surface area contributed by atoms with Crippen LogP contribution in [0.3, 0.4) is 0 Å². The van der Waals surface area contributed by atoms with E-state index in [1.165, 1.54) is 0 Å². The number of carbonyl (C=O) groups is 1. The fourth-order valence-electron chi connectivity index (χ4n) is 1.97. The first-order chi connectivity index (χ1) is 9.43. The Morgan fingerprint density at radius 3 is 2.75 bits per heavy atom. The molecule has 1 amide bonds. The van der Waals surface area contributed by atoms with Crippen LogP contribution in [0.5, 0.6) is 0 Å². The molecule has 2 aromatic heterocycles. The molecule has 7 heteroatoms. The highest BCUT2D eigenvalue weighted by molar-refractivity contribution is 6.31. The van der Waals surface area contributed by atoms with Crippen molar-refractivity contribution in [1.29, 1.82) is 0 Å². The summed E-state index contributed by atoms with van der Waals surface area (Å²) in [5, 5.41) is 8.93. The summed E-state index contributed by atoms with van der Waals surface area (Å²) in [4.78, 5) is 13.9. The third-order valence-electron chi connectivity index (χ3n) is 3.26. The van der Waals surface area contributed by atoms with Gasteiger partial charge in [-0.1, -0.05) is 11.6 Å². The molecule has 0 fully saturated rings. The van der Waals surface area contributed by atoms with Crippen molar-refractivity contribution < 1.29 is 4.79 Å². The number of aromatic nitrogens is 4. The van der Waals surface area contributed by atoms with Crippen LogP contribution in [0, 0.1) is 6.92 Å². The minimum Gasteiger partial charge on any atom is -0.334 e. The van der Waals surface area contributed by atoms with Crippen molar-refractivity contribution in [2.75, 3.05) is 7.05 Å². The molecule has 0 aromatic carbocycles. The molecule has 2 aromatic rings. The van der Waals surface area contributed by atoms with Gasteiger partial charge < -0.3 is 4.90 Å². The maximum atomic E-state index is 12.3. The highest BCUT2D eigenvalue weighted by atomic mass is 35.5. The molecule has 0 aliphatic heterocycles. The highest BCUT2D eigenvalue weighted by Gasteiger charge is 2.19. The molecule has 2 rings (SSSR count). The number of rotatable bonds is 4. The van der Waals surface area contributed by atoms with Crippen LogP contribution in [0.25, 0.3) is 0 Å². The second-order valence-corrected chi connectivity index (χ2v) is 5.12. The largest absolute Gasteiger partial charge is 0.334 e. The molecule has 108 valence electrons. The zero-order valence-electron chi connectivity index (χ0n) is 12.1. The van der Waals surface area contributed by atoms with E-state index >= 15 is 0 Å². The molecule has 0 spiro atoms. The molecule has 0 saturated heterocycles. The topological polar surface area (TPSA) is 56.0 Å². The molecule has 20 heavy (non-hydrogen) atoms. The zero-order chi connectivity index (χ0) is 14.9. The van der Waals surface area contributed by atoms with E-state index in [9.17, 15) is 4.79 Å². The standard InChI is InChI=1S/C13H18ClN5O/c1-5-19-12(10(14)7-15-19)8-17(3)13(20)11-6-9(2)18(4)16-11/h6-7H,5,8H2,1-4H3. The van der Waals surface area contributed by atoms with Gasteiger partial charge in [-0.15, -0.1) is 0 Å². The van der Waals surface area contributed by atoms with E-state index in [1.54, 1.807) is 33.6 Å². The second kappa shape index (κ2) is 5.66. The van der Waals surface area contributed by atoms with Gasteiger partial charge in [-0.3, -0.25) is 14.2 Å². The Morgan fingerprint density at radius 1 is 1.50 bits per heavy atom. The normalized spacial score (nSPS) is 10.8. The van der Waals surface area contributed by atoms with Gasteiger partial charge in [0.15, 0.2) is 5.69 Å². The van der Waals surface area contributed by atoms with Crippen molar-refractivity contribution >= 4 is 17.5 Å². The number of amides is 1.